The number of benzene rings is 1. The number of carbonyl (C=O) groups excluding carboxylic acids is 1. The number of hydrogen-bond acceptors (Lipinski definition) is 1. The largest absolute Gasteiger partial charge is 0.342 e. The molecule has 4 heteroatoms. The molecular weight excluding hydrogens is 241 g/mol. The first-order valence-corrected chi connectivity index (χ1v) is 6.33. The number of alkyl halides is 1. The second-order valence-electron chi connectivity index (χ2n) is 4.34. The van der Waals surface area contributed by atoms with E-state index in [0.717, 1.165) is 18.4 Å². The van der Waals surface area contributed by atoms with E-state index in [0.29, 0.717) is 19.0 Å². The molecule has 1 aliphatic heterocycles. The van der Waals surface area contributed by atoms with Crippen molar-refractivity contribution in [2.45, 2.75) is 18.8 Å². The summed E-state index contributed by atoms with van der Waals surface area (Å²) in [5.41, 5.74) is 1.03. The van der Waals surface area contributed by atoms with E-state index in [4.69, 9.17) is 11.6 Å². The molecule has 0 spiro atoms. The van der Waals surface area contributed by atoms with Crippen LogP contribution in [0.25, 0.3) is 0 Å². The molecule has 1 aromatic rings. The van der Waals surface area contributed by atoms with E-state index in [9.17, 15) is 9.18 Å². The fourth-order valence-electron chi connectivity index (χ4n) is 2.31. The van der Waals surface area contributed by atoms with Crippen molar-refractivity contribution in [3.05, 3.63) is 35.6 Å². The monoisotopic (exact) mass is 255 g/mol. The molecule has 1 amide bonds. The van der Waals surface area contributed by atoms with Crippen LogP contribution in [0, 0.1) is 5.82 Å². The number of hydrogen-bond donors (Lipinski definition) is 0. The van der Waals surface area contributed by atoms with Gasteiger partial charge in [0.25, 0.3) is 0 Å². The van der Waals surface area contributed by atoms with Gasteiger partial charge in [0.1, 0.15) is 11.7 Å². The van der Waals surface area contributed by atoms with Crippen molar-refractivity contribution in [1.29, 1.82) is 0 Å². The van der Waals surface area contributed by atoms with Crippen LogP contribution in [0.5, 0.6) is 0 Å². The van der Waals surface area contributed by atoms with Gasteiger partial charge in [-0.25, -0.2) is 4.39 Å². The van der Waals surface area contributed by atoms with E-state index in [-0.39, 0.29) is 17.6 Å². The van der Waals surface area contributed by atoms with E-state index in [1.807, 2.05) is 6.07 Å². The van der Waals surface area contributed by atoms with E-state index in [1.165, 1.54) is 6.07 Å². The lowest BCUT2D eigenvalue weighted by Crippen LogP contribution is -2.38. The molecule has 0 unspecified atom stereocenters. The number of likely N-dealkylation sites (tertiary alicyclic amines) is 1. The highest BCUT2D eigenvalue weighted by Crippen LogP contribution is 2.28. The van der Waals surface area contributed by atoms with Crippen molar-refractivity contribution in [2.75, 3.05) is 19.0 Å². The van der Waals surface area contributed by atoms with Crippen molar-refractivity contribution < 1.29 is 9.18 Å². The van der Waals surface area contributed by atoms with Crippen LogP contribution in [0.4, 0.5) is 4.39 Å². The molecule has 2 nitrogen and oxygen atoms in total. The molecule has 0 N–H and O–H groups in total. The molecule has 1 saturated heterocycles. The van der Waals surface area contributed by atoms with Gasteiger partial charge < -0.3 is 4.90 Å². The van der Waals surface area contributed by atoms with E-state index in [2.05, 4.69) is 0 Å². The van der Waals surface area contributed by atoms with Crippen molar-refractivity contribution >= 4 is 17.5 Å². The fourth-order valence-corrected chi connectivity index (χ4v) is 2.48. The highest BCUT2D eigenvalue weighted by atomic mass is 35.5. The third-order valence-corrected chi connectivity index (χ3v) is 3.51. The molecule has 0 radical (unpaired) electrons. The molecule has 0 bridgehead atoms. The third-order valence-electron chi connectivity index (χ3n) is 3.28. The molecule has 0 saturated carbocycles. The Morgan fingerprint density at radius 2 is 2.12 bits per heavy atom. The van der Waals surface area contributed by atoms with Crippen molar-refractivity contribution in [2.24, 2.45) is 0 Å². The van der Waals surface area contributed by atoms with Crippen LogP contribution in [0.2, 0.25) is 0 Å². The SMILES string of the molecule is O=C(CCl)N1CCC(c2cccc(F)c2)CC1. The average molecular weight is 256 g/mol. The summed E-state index contributed by atoms with van der Waals surface area (Å²) in [6, 6.07) is 6.73. The summed E-state index contributed by atoms with van der Waals surface area (Å²) >= 11 is 5.52. The lowest BCUT2D eigenvalue weighted by atomic mass is 9.89. The van der Waals surface area contributed by atoms with Crippen LogP contribution < -0.4 is 0 Å². The second-order valence-corrected chi connectivity index (χ2v) is 4.61. The quantitative estimate of drug-likeness (QED) is 0.744. The molecule has 17 heavy (non-hydrogen) atoms. The van der Waals surface area contributed by atoms with Gasteiger partial charge in [-0.15, -0.1) is 11.6 Å². The highest BCUT2D eigenvalue weighted by molar-refractivity contribution is 6.27. The van der Waals surface area contributed by atoms with Gasteiger partial charge in [0.2, 0.25) is 5.91 Å². The topological polar surface area (TPSA) is 20.3 Å². The van der Waals surface area contributed by atoms with Gasteiger partial charge in [0.05, 0.1) is 0 Å². The van der Waals surface area contributed by atoms with Crippen LogP contribution in [0.15, 0.2) is 24.3 Å². The zero-order valence-corrected chi connectivity index (χ0v) is 10.3. The molecule has 1 aromatic carbocycles. The van der Waals surface area contributed by atoms with Crippen LogP contribution in [-0.2, 0) is 4.79 Å². The summed E-state index contributed by atoms with van der Waals surface area (Å²) in [5, 5.41) is 0. The maximum Gasteiger partial charge on any atom is 0.237 e. The Labute approximate surface area is 105 Å². The molecule has 1 heterocycles. The van der Waals surface area contributed by atoms with Gasteiger partial charge in [-0.05, 0) is 36.5 Å². The van der Waals surface area contributed by atoms with Gasteiger partial charge in [-0.3, -0.25) is 4.79 Å². The summed E-state index contributed by atoms with van der Waals surface area (Å²) in [6.45, 7) is 1.43. The number of nitrogens with zero attached hydrogens (tertiary/aromatic N) is 1. The Bertz CT molecular complexity index is 402. The number of amides is 1. The molecule has 2 rings (SSSR count). The predicted octanol–water partition coefficient (Wildman–Crippen LogP) is 2.77. The van der Waals surface area contributed by atoms with Gasteiger partial charge in [-0.1, -0.05) is 12.1 Å². The van der Waals surface area contributed by atoms with Gasteiger partial charge in [-0.2, -0.15) is 0 Å². The molecule has 1 fully saturated rings. The zero-order chi connectivity index (χ0) is 12.3. The minimum Gasteiger partial charge on any atom is -0.342 e. The summed E-state index contributed by atoms with van der Waals surface area (Å²) in [7, 11) is 0. The van der Waals surface area contributed by atoms with E-state index < -0.39 is 0 Å². The van der Waals surface area contributed by atoms with Crippen LogP contribution >= 0.6 is 11.6 Å². The summed E-state index contributed by atoms with van der Waals surface area (Å²) in [6.07, 6.45) is 1.76. The third kappa shape index (κ3) is 2.97. The number of halogens is 2. The molecule has 1 aliphatic rings. The number of rotatable bonds is 2. The first-order chi connectivity index (χ1) is 8.20. The second kappa shape index (κ2) is 5.50. The van der Waals surface area contributed by atoms with E-state index in [1.54, 1.807) is 17.0 Å². The minimum absolute atomic E-state index is 0.00985. The van der Waals surface area contributed by atoms with Crippen LogP contribution in [0.1, 0.15) is 24.3 Å². The van der Waals surface area contributed by atoms with Gasteiger partial charge in [0, 0.05) is 13.1 Å². The summed E-state index contributed by atoms with van der Waals surface area (Å²) in [4.78, 5) is 13.2. The van der Waals surface area contributed by atoms with Gasteiger partial charge in [0.15, 0.2) is 0 Å². The maximum absolute atomic E-state index is 13.1. The van der Waals surface area contributed by atoms with Crippen LogP contribution in [-0.4, -0.2) is 29.8 Å². The molecular formula is C13H15ClFNO. The Hall–Kier alpha value is -1.09. The Morgan fingerprint density at radius 3 is 2.71 bits per heavy atom. The lowest BCUT2D eigenvalue weighted by Gasteiger charge is -2.31. The van der Waals surface area contributed by atoms with Crippen LogP contribution in [0.3, 0.4) is 0 Å². The molecule has 0 aromatic heterocycles. The number of piperidine rings is 1. The predicted molar refractivity (Wildman–Crippen MR) is 65.7 cm³/mol. The Kier molecular flexibility index (Phi) is 4.00. The van der Waals surface area contributed by atoms with Gasteiger partial charge >= 0.3 is 0 Å². The maximum atomic E-state index is 13.1. The number of carbonyl (C=O) groups is 1. The normalized spacial score (nSPS) is 17.2. The molecule has 0 atom stereocenters. The molecule has 0 aliphatic carbocycles. The highest BCUT2D eigenvalue weighted by Gasteiger charge is 2.23. The Balaban J connectivity index is 1.97. The molecule has 92 valence electrons. The van der Waals surface area contributed by atoms with Crippen molar-refractivity contribution in [3.63, 3.8) is 0 Å². The Morgan fingerprint density at radius 1 is 1.41 bits per heavy atom. The summed E-state index contributed by atoms with van der Waals surface area (Å²) < 4.78 is 13.1. The minimum atomic E-state index is -0.193. The summed E-state index contributed by atoms with van der Waals surface area (Å²) in [5.74, 6) is 0.196. The first kappa shape index (κ1) is 12.4. The first-order valence-electron chi connectivity index (χ1n) is 5.80. The fraction of sp³-hybridized carbons (Fsp3) is 0.462. The van der Waals surface area contributed by atoms with E-state index >= 15 is 0 Å². The van der Waals surface area contributed by atoms with Crippen molar-refractivity contribution in [3.8, 4) is 0 Å². The van der Waals surface area contributed by atoms with Crippen molar-refractivity contribution in [1.82, 2.24) is 4.90 Å². The average Bonchev–Trinajstić information content (AvgIpc) is 2.38. The lowest BCUT2D eigenvalue weighted by molar-refractivity contribution is -0.129. The standard InChI is InChI=1S/C13H15ClFNO/c14-9-13(17)16-6-4-10(5-7-16)11-2-1-3-12(15)8-11/h1-3,8,10H,4-7,9H2. The zero-order valence-electron chi connectivity index (χ0n) is 9.53. The smallest absolute Gasteiger partial charge is 0.237 e.